The molecule has 0 saturated carbocycles. The number of nitrogens with zero attached hydrogens (tertiary/aromatic N) is 5. The van der Waals surface area contributed by atoms with Gasteiger partial charge in [-0.15, -0.1) is 21.5 Å². The van der Waals surface area contributed by atoms with Gasteiger partial charge in [0.05, 0.1) is 11.1 Å². The second-order valence-electron chi connectivity index (χ2n) is 9.02. The van der Waals surface area contributed by atoms with E-state index in [4.69, 9.17) is 11.6 Å². The fourth-order valence-corrected chi connectivity index (χ4v) is 7.18. The summed E-state index contributed by atoms with van der Waals surface area (Å²) in [6.45, 7) is 4.08. The van der Waals surface area contributed by atoms with Gasteiger partial charge in [-0.25, -0.2) is 8.97 Å². The lowest BCUT2D eigenvalue weighted by atomic mass is 10.1. The van der Waals surface area contributed by atoms with E-state index in [0.29, 0.717) is 10.8 Å². The summed E-state index contributed by atoms with van der Waals surface area (Å²) in [5.41, 5.74) is 1.93. The van der Waals surface area contributed by atoms with E-state index in [2.05, 4.69) is 33.5 Å². The Labute approximate surface area is 212 Å². The van der Waals surface area contributed by atoms with Gasteiger partial charge in [0.1, 0.15) is 4.83 Å². The highest BCUT2D eigenvalue weighted by atomic mass is 35.5. The highest BCUT2D eigenvalue weighted by Gasteiger charge is 2.26. The van der Waals surface area contributed by atoms with Crippen LogP contribution in [0.5, 0.6) is 0 Å². The van der Waals surface area contributed by atoms with E-state index in [1.54, 1.807) is 27.7 Å². The first-order valence-corrected chi connectivity index (χ1v) is 14.3. The molecule has 6 nitrogen and oxygen atoms in total. The maximum atomic E-state index is 13.9. The Morgan fingerprint density at radius 2 is 1.85 bits per heavy atom. The standard InChI is InChI=1S/C25H30ClN5OS2/c1-3-4-5-6-7-8-15-33-25-28-27-24-30(18-11-9-17(26)10-12-18)22(32)21-19-13-14-29(2)16-20(19)34-23(21)31(24)25/h9-12H,3-8,13-16H2,1-2H3. The topological polar surface area (TPSA) is 55.4 Å². The van der Waals surface area contributed by atoms with Gasteiger partial charge in [-0.1, -0.05) is 62.4 Å². The Morgan fingerprint density at radius 3 is 2.65 bits per heavy atom. The van der Waals surface area contributed by atoms with Crippen molar-refractivity contribution < 1.29 is 0 Å². The number of unbranched alkanes of at least 4 members (excludes halogenated alkanes) is 5. The molecule has 0 fully saturated rings. The first kappa shape index (κ1) is 23.9. The van der Waals surface area contributed by atoms with Crippen molar-refractivity contribution >= 4 is 50.7 Å². The van der Waals surface area contributed by atoms with Gasteiger partial charge in [0.15, 0.2) is 5.16 Å². The molecule has 0 aliphatic carbocycles. The molecule has 1 aromatic carbocycles. The number of benzene rings is 1. The first-order valence-electron chi connectivity index (χ1n) is 12.1. The SMILES string of the molecule is CCCCCCCCSc1nnc2n(-c3ccc(Cl)cc3)c(=O)c3c4c(sc3n12)CN(C)CC4. The maximum Gasteiger partial charge on any atom is 0.268 e. The summed E-state index contributed by atoms with van der Waals surface area (Å²) in [5, 5.41) is 11.4. The van der Waals surface area contributed by atoms with E-state index in [9.17, 15) is 4.79 Å². The summed E-state index contributed by atoms with van der Waals surface area (Å²) < 4.78 is 3.81. The zero-order valence-electron chi connectivity index (χ0n) is 19.7. The molecule has 0 atom stereocenters. The fraction of sp³-hybridized carbons (Fsp3) is 0.480. The van der Waals surface area contributed by atoms with Crippen LogP contribution in [0, 0.1) is 0 Å². The van der Waals surface area contributed by atoms with Crippen LogP contribution in [0.15, 0.2) is 34.2 Å². The average molecular weight is 516 g/mol. The lowest BCUT2D eigenvalue weighted by Crippen LogP contribution is -2.27. The predicted molar refractivity (Wildman–Crippen MR) is 143 cm³/mol. The quantitative estimate of drug-likeness (QED) is 0.196. The molecule has 0 unspecified atom stereocenters. The Hall–Kier alpha value is -1.87. The molecule has 1 aliphatic rings. The van der Waals surface area contributed by atoms with Crippen LogP contribution < -0.4 is 5.56 Å². The number of hydrogen-bond acceptors (Lipinski definition) is 6. The van der Waals surface area contributed by atoms with E-state index in [0.717, 1.165) is 52.7 Å². The van der Waals surface area contributed by atoms with Crippen molar-refractivity contribution in [1.82, 2.24) is 24.1 Å². The van der Waals surface area contributed by atoms with Gasteiger partial charge in [-0.2, -0.15) is 0 Å². The number of thiophene rings is 1. The first-order chi connectivity index (χ1) is 16.6. The van der Waals surface area contributed by atoms with E-state index in [1.807, 2.05) is 24.3 Å². The summed E-state index contributed by atoms with van der Waals surface area (Å²) in [7, 11) is 2.13. The van der Waals surface area contributed by atoms with Crippen LogP contribution in [0.25, 0.3) is 21.7 Å². The van der Waals surface area contributed by atoms with Crippen molar-refractivity contribution in [2.75, 3.05) is 19.3 Å². The molecule has 0 amide bonds. The number of likely N-dealkylation sites (N-methyl/N-ethyl adjacent to an activating group) is 1. The molecule has 9 heteroatoms. The fourth-order valence-electron chi connectivity index (χ4n) is 4.64. The van der Waals surface area contributed by atoms with Crippen molar-refractivity contribution in [3.8, 4) is 5.69 Å². The Kier molecular flexibility index (Phi) is 7.30. The third-order valence-corrected chi connectivity index (χ3v) is 8.95. The number of hydrogen-bond donors (Lipinski definition) is 0. The number of aromatic nitrogens is 4. The van der Waals surface area contributed by atoms with Crippen molar-refractivity contribution in [2.45, 2.75) is 63.6 Å². The van der Waals surface area contributed by atoms with Gasteiger partial charge in [0, 0.05) is 28.7 Å². The van der Waals surface area contributed by atoms with Crippen LogP contribution in [0.1, 0.15) is 55.9 Å². The van der Waals surface area contributed by atoms with Crippen LogP contribution in [0.4, 0.5) is 0 Å². The zero-order valence-corrected chi connectivity index (χ0v) is 22.1. The van der Waals surface area contributed by atoms with Crippen molar-refractivity contribution in [2.24, 2.45) is 0 Å². The molecule has 5 rings (SSSR count). The summed E-state index contributed by atoms with van der Waals surface area (Å²) in [5.74, 6) is 1.57. The van der Waals surface area contributed by atoms with Gasteiger partial charge in [0.25, 0.3) is 5.56 Å². The normalized spacial score (nSPS) is 14.3. The Morgan fingerprint density at radius 1 is 1.09 bits per heavy atom. The van der Waals surface area contributed by atoms with Crippen LogP contribution >= 0.6 is 34.7 Å². The Bertz CT molecular complexity index is 1360. The third-order valence-electron chi connectivity index (χ3n) is 6.48. The van der Waals surface area contributed by atoms with Crippen LogP contribution in [-0.4, -0.2) is 43.4 Å². The van der Waals surface area contributed by atoms with Crippen molar-refractivity contribution in [3.05, 3.63) is 50.1 Å². The van der Waals surface area contributed by atoms with E-state index in [-0.39, 0.29) is 5.56 Å². The number of halogens is 1. The maximum absolute atomic E-state index is 13.9. The monoisotopic (exact) mass is 515 g/mol. The molecule has 3 aromatic heterocycles. The smallest absolute Gasteiger partial charge is 0.268 e. The lowest BCUT2D eigenvalue weighted by Gasteiger charge is -2.21. The minimum atomic E-state index is -0.0215. The molecule has 34 heavy (non-hydrogen) atoms. The highest BCUT2D eigenvalue weighted by molar-refractivity contribution is 7.99. The number of thioether (sulfide) groups is 1. The minimum absolute atomic E-state index is 0.0215. The lowest BCUT2D eigenvalue weighted by molar-refractivity contribution is 0.318. The van der Waals surface area contributed by atoms with E-state index < -0.39 is 0 Å². The average Bonchev–Trinajstić information content (AvgIpc) is 3.41. The highest BCUT2D eigenvalue weighted by Crippen LogP contribution is 2.35. The van der Waals surface area contributed by atoms with Crippen molar-refractivity contribution in [3.63, 3.8) is 0 Å². The predicted octanol–water partition coefficient (Wildman–Crippen LogP) is 6.19. The molecule has 0 radical (unpaired) electrons. The van der Waals surface area contributed by atoms with Crippen LogP contribution in [0.2, 0.25) is 5.02 Å². The van der Waals surface area contributed by atoms with E-state index >= 15 is 0 Å². The van der Waals surface area contributed by atoms with Gasteiger partial charge in [0.2, 0.25) is 5.78 Å². The molecule has 0 spiro atoms. The van der Waals surface area contributed by atoms with Gasteiger partial charge in [-0.05, 0) is 49.7 Å². The molecule has 4 aromatic rings. The molecule has 0 N–H and O–H groups in total. The molecule has 4 heterocycles. The number of fused-ring (bicyclic) bond motifs is 5. The summed E-state index contributed by atoms with van der Waals surface area (Å²) in [4.78, 5) is 18.4. The molecule has 1 aliphatic heterocycles. The molecule has 0 saturated heterocycles. The molecular weight excluding hydrogens is 486 g/mol. The second kappa shape index (κ2) is 10.4. The Balaban J connectivity index is 1.58. The van der Waals surface area contributed by atoms with Gasteiger partial charge < -0.3 is 4.90 Å². The second-order valence-corrected chi connectivity index (χ2v) is 11.6. The van der Waals surface area contributed by atoms with Gasteiger partial charge >= 0.3 is 0 Å². The van der Waals surface area contributed by atoms with Gasteiger partial charge in [-0.3, -0.25) is 4.79 Å². The molecule has 180 valence electrons. The largest absolute Gasteiger partial charge is 0.301 e. The minimum Gasteiger partial charge on any atom is -0.301 e. The molecular formula is C25H30ClN5OS2. The third kappa shape index (κ3) is 4.53. The molecule has 0 bridgehead atoms. The van der Waals surface area contributed by atoms with Crippen molar-refractivity contribution in [1.29, 1.82) is 0 Å². The summed E-state index contributed by atoms with van der Waals surface area (Å²) in [6, 6.07) is 7.37. The number of rotatable bonds is 9. The van der Waals surface area contributed by atoms with Crippen LogP contribution in [-0.2, 0) is 13.0 Å². The zero-order chi connectivity index (χ0) is 23.7. The van der Waals surface area contributed by atoms with Crippen LogP contribution in [0.3, 0.4) is 0 Å². The summed E-state index contributed by atoms with van der Waals surface area (Å²) in [6.07, 6.45) is 8.49. The van der Waals surface area contributed by atoms with E-state index in [1.165, 1.54) is 42.5 Å². The summed E-state index contributed by atoms with van der Waals surface area (Å²) >= 11 is 9.59.